The highest BCUT2D eigenvalue weighted by Crippen LogP contribution is 2.22. The van der Waals surface area contributed by atoms with E-state index in [1.54, 1.807) is 24.5 Å². The van der Waals surface area contributed by atoms with Gasteiger partial charge in [0.1, 0.15) is 5.01 Å². The van der Waals surface area contributed by atoms with Crippen molar-refractivity contribution in [3.63, 3.8) is 0 Å². The normalized spacial score (nSPS) is 10.9. The zero-order chi connectivity index (χ0) is 18.8. The molecule has 4 aromatic rings. The van der Waals surface area contributed by atoms with Crippen molar-refractivity contribution in [2.24, 2.45) is 0 Å². The van der Waals surface area contributed by atoms with Gasteiger partial charge >= 0.3 is 0 Å². The van der Waals surface area contributed by atoms with Crippen LogP contribution >= 0.6 is 11.3 Å². The lowest BCUT2D eigenvalue weighted by Crippen LogP contribution is -2.23. The molecule has 7 heteroatoms. The number of aryl methyl sites for hydroxylation is 2. The number of carbonyl (C=O) groups excluding carboxylic acids is 1. The van der Waals surface area contributed by atoms with Crippen molar-refractivity contribution in [3.05, 3.63) is 70.8 Å². The molecule has 0 aliphatic rings. The fraction of sp³-hybridized carbons (Fsp3) is 0.150. The summed E-state index contributed by atoms with van der Waals surface area (Å²) in [7, 11) is 0. The monoisotopic (exact) mass is 375 g/mol. The Labute approximate surface area is 160 Å². The number of rotatable bonds is 4. The minimum Gasteiger partial charge on any atom is -0.346 e. The molecule has 1 aromatic carbocycles. The number of fused-ring (bicyclic) bond motifs is 1. The quantitative estimate of drug-likeness (QED) is 0.588. The molecule has 0 unspecified atom stereocenters. The third-order valence-electron chi connectivity index (χ3n) is 4.23. The lowest BCUT2D eigenvalue weighted by molar-refractivity contribution is 0.0950. The van der Waals surface area contributed by atoms with Crippen LogP contribution in [0.15, 0.2) is 48.1 Å². The minimum absolute atomic E-state index is 0.159. The molecule has 0 aliphatic carbocycles. The molecule has 0 aliphatic heterocycles. The Balaban J connectivity index is 1.47. The summed E-state index contributed by atoms with van der Waals surface area (Å²) < 4.78 is 0. The van der Waals surface area contributed by atoms with Crippen LogP contribution in [0.2, 0.25) is 0 Å². The molecule has 0 radical (unpaired) electrons. The fourth-order valence-electron chi connectivity index (χ4n) is 2.65. The molecular weight excluding hydrogens is 358 g/mol. The first kappa shape index (κ1) is 17.2. The molecule has 134 valence electrons. The maximum atomic E-state index is 12.5. The Bertz CT molecular complexity index is 1120. The molecule has 3 aromatic heterocycles. The zero-order valence-electron chi connectivity index (χ0n) is 14.9. The maximum Gasteiger partial charge on any atom is 0.251 e. The van der Waals surface area contributed by atoms with Crippen molar-refractivity contribution >= 4 is 28.3 Å². The Morgan fingerprint density at radius 1 is 1.07 bits per heavy atom. The van der Waals surface area contributed by atoms with Crippen molar-refractivity contribution in [1.82, 2.24) is 25.3 Å². The molecule has 6 nitrogen and oxygen atoms in total. The van der Waals surface area contributed by atoms with E-state index >= 15 is 0 Å². The van der Waals surface area contributed by atoms with Gasteiger partial charge in [0.15, 0.2) is 0 Å². The lowest BCUT2D eigenvalue weighted by atomic mass is 10.1. The molecule has 1 amide bonds. The Hall–Kier alpha value is -3.19. The number of hydrogen-bond donors (Lipinski definition) is 1. The predicted molar refractivity (Wildman–Crippen MR) is 106 cm³/mol. The smallest absolute Gasteiger partial charge is 0.251 e. The van der Waals surface area contributed by atoms with Crippen molar-refractivity contribution in [2.75, 3.05) is 0 Å². The number of hydrogen-bond acceptors (Lipinski definition) is 6. The highest BCUT2D eigenvalue weighted by atomic mass is 32.1. The number of benzene rings is 1. The van der Waals surface area contributed by atoms with Gasteiger partial charge in [0.25, 0.3) is 5.91 Å². The van der Waals surface area contributed by atoms with Crippen molar-refractivity contribution < 1.29 is 4.79 Å². The number of thiazole rings is 1. The average Bonchev–Trinajstić information content (AvgIpc) is 3.16. The van der Waals surface area contributed by atoms with E-state index in [-0.39, 0.29) is 5.91 Å². The van der Waals surface area contributed by atoms with Crippen LogP contribution in [0.25, 0.3) is 21.6 Å². The van der Waals surface area contributed by atoms with Gasteiger partial charge in [0.05, 0.1) is 34.7 Å². The Kier molecular flexibility index (Phi) is 4.60. The number of nitrogens with one attached hydrogen (secondary N) is 1. The van der Waals surface area contributed by atoms with Gasteiger partial charge in [-0.2, -0.15) is 0 Å². The number of amides is 1. The van der Waals surface area contributed by atoms with E-state index < -0.39 is 0 Å². The van der Waals surface area contributed by atoms with E-state index in [2.05, 4.69) is 25.3 Å². The molecule has 1 N–H and O–H groups in total. The van der Waals surface area contributed by atoms with Gasteiger partial charge < -0.3 is 5.32 Å². The summed E-state index contributed by atoms with van der Waals surface area (Å²) in [6.45, 7) is 4.21. The van der Waals surface area contributed by atoms with Crippen LogP contribution in [0, 0.1) is 13.8 Å². The van der Waals surface area contributed by atoms with Gasteiger partial charge in [-0.3, -0.25) is 9.78 Å². The summed E-state index contributed by atoms with van der Waals surface area (Å²) in [5.74, 6) is -0.159. The molecule has 0 saturated carbocycles. The highest BCUT2D eigenvalue weighted by Gasteiger charge is 2.10. The van der Waals surface area contributed by atoms with Crippen LogP contribution in [0.1, 0.15) is 27.4 Å². The van der Waals surface area contributed by atoms with E-state index in [1.165, 1.54) is 11.3 Å². The topological polar surface area (TPSA) is 80.7 Å². The Morgan fingerprint density at radius 3 is 2.67 bits per heavy atom. The van der Waals surface area contributed by atoms with E-state index in [1.807, 2.05) is 37.4 Å². The largest absolute Gasteiger partial charge is 0.346 e. The van der Waals surface area contributed by atoms with E-state index in [0.717, 1.165) is 38.7 Å². The van der Waals surface area contributed by atoms with Crippen LogP contribution in [-0.2, 0) is 6.54 Å². The molecule has 27 heavy (non-hydrogen) atoms. The molecule has 0 spiro atoms. The number of nitrogens with zero attached hydrogens (tertiary/aromatic N) is 4. The Morgan fingerprint density at radius 2 is 1.89 bits per heavy atom. The SMILES string of the molecule is Cc1nc2ccc(C(=O)NCc3csc(-c4cccnc4)n3)cc2nc1C. The van der Waals surface area contributed by atoms with Crippen LogP contribution in [0.4, 0.5) is 0 Å². The molecule has 0 atom stereocenters. The van der Waals surface area contributed by atoms with Crippen LogP contribution in [-0.4, -0.2) is 25.8 Å². The minimum atomic E-state index is -0.159. The van der Waals surface area contributed by atoms with Crippen molar-refractivity contribution in [3.8, 4) is 10.6 Å². The second-order valence-electron chi connectivity index (χ2n) is 6.17. The molecular formula is C20H17N5OS. The lowest BCUT2D eigenvalue weighted by Gasteiger charge is -2.06. The third-order valence-corrected chi connectivity index (χ3v) is 5.17. The van der Waals surface area contributed by atoms with Gasteiger partial charge in [-0.1, -0.05) is 0 Å². The van der Waals surface area contributed by atoms with Gasteiger partial charge in [0.2, 0.25) is 0 Å². The number of carbonyl (C=O) groups is 1. The van der Waals surface area contributed by atoms with E-state index in [0.29, 0.717) is 12.1 Å². The summed E-state index contributed by atoms with van der Waals surface area (Å²) in [6, 6.07) is 9.21. The van der Waals surface area contributed by atoms with Crippen molar-refractivity contribution in [2.45, 2.75) is 20.4 Å². The first-order valence-corrected chi connectivity index (χ1v) is 9.36. The van der Waals surface area contributed by atoms with E-state index in [4.69, 9.17) is 0 Å². The van der Waals surface area contributed by atoms with Crippen LogP contribution in [0.3, 0.4) is 0 Å². The summed E-state index contributed by atoms with van der Waals surface area (Å²) in [4.78, 5) is 30.2. The van der Waals surface area contributed by atoms with Crippen LogP contribution in [0.5, 0.6) is 0 Å². The second-order valence-corrected chi connectivity index (χ2v) is 7.02. The van der Waals surface area contributed by atoms with Crippen LogP contribution < -0.4 is 5.32 Å². The zero-order valence-corrected chi connectivity index (χ0v) is 15.7. The third kappa shape index (κ3) is 3.68. The van der Waals surface area contributed by atoms with Gasteiger partial charge in [-0.25, -0.2) is 15.0 Å². The first-order valence-electron chi connectivity index (χ1n) is 8.48. The van der Waals surface area contributed by atoms with Gasteiger partial charge in [0, 0.05) is 28.9 Å². The fourth-order valence-corrected chi connectivity index (χ4v) is 3.47. The number of aromatic nitrogens is 4. The maximum absolute atomic E-state index is 12.5. The standard InChI is InChI=1S/C20H17N5OS/c1-12-13(2)24-18-8-14(5-6-17(18)23-12)19(26)22-10-16-11-27-20(25-16)15-4-3-7-21-9-15/h3-9,11H,10H2,1-2H3,(H,22,26). The van der Waals surface area contributed by atoms with Gasteiger partial charge in [-0.15, -0.1) is 11.3 Å². The number of pyridine rings is 1. The molecule has 0 saturated heterocycles. The predicted octanol–water partition coefficient (Wildman–Crippen LogP) is 3.70. The first-order chi connectivity index (χ1) is 13.1. The van der Waals surface area contributed by atoms with E-state index in [9.17, 15) is 4.79 Å². The average molecular weight is 375 g/mol. The summed E-state index contributed by atoms with van der Waals surface area (Å²) in [5.41, 5.74) is 5.62. The van der Waals surface area contributed by atoms with Crippen molar-refractivity contribution in [1.29, 1.82) is 0 Å². The second kappa shape index (κ2) is 7.20. The summed E-state index contributed by atoms with van der Waals surface area (Å²) >= 11 is 1.53. The van der Waals surface area contributed by atoms with Gasteiger partial charge in [-0.05, 0) is 44.2 Å². The summed E-state index contributed by atoms with van der Waals surface area (Å²) in [5, 5.41) is 5.75. The molecule has 3 heterocycles. The molecule has 0 fully saturated rings. The highest BCUT2D eigenvalue weighted by molar-refractivity contribution is 7.13. The summed E-state index contributed by atoms with van der Waals surface area (Å²) in [6.07, 6.45) is 3.51. The molecule has 4 rings (SSSR count). The molecule has 0 bridgehead atoms.